The molecule has 1 aromatic heterocycles. The number of rotatable bonds is 5. The number of hydrogen-bond acceptors (Lipinski definition) is 8. The number of nitrogens with zero attached hydrogens (tertiary/aromatic N) is 4. The van der Waals surface area contributed by atoms with Crippen LogP contribution in [-0.4, -0.2) is 73.6 Å². The smallest absolute Gasteiger partial charge is 0.337 e. The SMILES string of the molecule is COC(=O)c1ccc(-c2nnc(-c3ccc(N4CCN(C5CCOCC5)CC4)cc3)s2)cc1. The van der Waals surface area contributed by atoms with Gasteiger partial charge in [-0.05, 0) is 49.2 Å². The molecule has 7 nitrogen and oxygen atoms in total. The Balaban J connectivity index is 1.21. The lowest BCUT2D eigenvalue weighted by Gasteiger charge is -2.41. The molecule has 0 N–H and O–H groups in total. The van der Waals surface area contributed by atoms with Crippen molar-refractivity contribution in [2.75, 3.05) is 51.4 Å². The highest BCUT2D eigenvalue weighted by molar-refractivity contribution is 7.17. The van der Waals surface area contributed by atoms with Gasteiger partial charge in [-0.15, -0.1) is 10.2 Å². The highest BCUT2D eigenvalue weighted by atomic mass is 32.1. The van der Waals surface area contributed by atoms with E-state index >= 15 is 0 Å². The van der Waals surface area contributed by atoms with Gasteiger partial charge in [0.05, 0.1) is 12.7 Å². The molecule has 0 spiro atoms. The number of anilines is 1. The number of esters is 1. The first-order valence-electron chi connectivity index (χ1n) is 11.4. The van der Waals surface area contributed by atoms with E-state index in [0.717, 1.165) is 73.4 Å². The van der Waals surface area contributed by atoms with Crippen LogP contribution in [-0.2, 0) is 9.47 Å². The summed E-state index contributed by atoms with van der Waals surface area (Å²) in [6, 6.07) is 16.6. The summed E-state index contributed by atoms with van der Waals surface area (Å²) in [7, 11) is 1.38. The Hall–Kier alpha value is -2.81. The fraction of sp³-hybridized carbons (Fsp3) is 0.400. The number of methoxy groups -OCH3 is 1. The molecule has 3 heterocycles. The van der Waals surface area contributed by atoms with Crippen molar-refractivity contribution in [1.82, 2.24) is 15.1 Å². The number of aromatic nitrogens is 2. The summed E-state index contributed by atoms with van der Waals surface area (Å²) in [6.45, 7) is 6.14. The minimum Gasteiger partial charge on any atom is -0.465 e. The van der Waals surface area contributed by atoms with Gasteiger partial charge in [0, 0.05) is 62.2 Å². The van der Waals surface area contributed by atoms with Gasteiger partial charge in [-0.25, -0.2) is 4.79 Å². The Morgan fingerprint density at radius 1 is 0.909 bits per heavy atom. The number of ether oxygens (including phenoxy) is 2. The van der Waals surface area contributed by atoms with Crippen LogP contribution < -0.4 is 4.90 Å². The zero-order chi connectivity index (χ0) is 22.6. The van der Waals surface area contributed by atoms with Crippen LogP contribution in [0.15, 0.2) is 48.5 Å². The molecule has 0 atom stereocenters. The quantitative estimate of drug-likeness (QED) is 0.530. The zero-order valence-electron chi connectivity index (χ0n) is 18.8. The number of carbonyl (C=O) groups excluding carboxylic acids is 1. The van der Waals surface area contributed by atoms with Crippen molar-refractivity contribution in [3.05, 3.63) is 54.1 Å². The van der Waals surface area contributed by atoms with Crippen LogP contribution in [0.3, 0.4) is 0 Å². The van der Waals surface area contributed by atoms with E-state index in [1.807, 2.05) is 12.1 Å². The first kappa shape index (κ1) is 22.0. The summed E-state index contributed by atoms with van der Waals surface area (Å²) in [5, 5.41) is 10.5. The van der Waals surface area contributed by atoms with Gasteiger partial charge in [-0.2, -0.15) is 0 Å². The molecule has 0 amide bonds. The molecule has 2 aromatic carbocycles. The van der Waals surface area contributed by atoms with E-state index in [1.54, 1.807) is 23.5 Å². The van der Waals surface area contributed by atoms with Crippen LogP contribution in [0.25, 0.3) is 21.1 Å². The Kier molecular flexibility index (Phi) is 6.66. The van der Waals surface area contributed by atoms with Gasteiger partial charge in [-0.3, -0.25) is 4.90 Å². The average Bonchev–Trinajstić information content (AvgIpc) is 3.39. The maximum absolute atomic E-state index is 11.6. The van der Waals surface area contributed by atoms with Crippen molar-refractivity contribution in [1.29, 1.82) is 0 Å². The molecule has 5 rings (SSSR count). The highest BCUT2D eigenvalue weighted by Gasteiger charge is 2.25. The third-order valence-electron chi connectivity index (χ3n) is 6.48. The van der Waals surface area contributed by atoms with E-state index < -0.39 is 0 Å². The molecule has 0 unspecified atom stereocenters. The highest BCUT2D eigenvalue weighted by Crippen LogP contribution is 2.31. The Morgan fingerprint density at radius 2 is 1.48 bits per heavy atom. The van der Waals surface area contributed by atoms with E-state index in [1.165, 1.54) is 12.8 Å². The lowest BCUT2D eigenvalue weighted by atomic mass is 10.1. The van der Waals surface area contributed by atoms with Crippen molar-refractivity contribution in [3.63, 3.8) is 0 Å². The van der Waals surface area contributed by atoms with Crippen molar-refractivity contribution in [2.24, 2.45) is 0 Å². The van der Waals surface area contributed by atoms with Gasteiger partial charge in [0.15, 0.2) is 0 Å². The van der Waals surface area contributed by atoms with E-state index in [4.69, 9.17) is 9.47 Å². The topological polar surface area (TPSA) is 67.8 Å². The van der Waals surface area contributed by atoms with Crippen molar-refractivity contribution in [3.8, 4) is 21.1 Å². The van der Waals surface area contributed by atoms with Gasteiger partial charge in [0.1, 0.15) is 10.0 Å². The van der Waals surface area contributed by atoms with Gasteiger partial charge >= 0.3 is 5.97 Å². The third-order valence-corrected chi connectivity index (χ3v) is 7.50. The third kappa shape index (κ3) is 4.93. The molecule has 0 radical (unpaired) electrons. The number of hydrogen-bond donors (Lipinski definition) is 0. The Morgan fingerprint density at radius 3 is 2.06 bits per heavy atom. The molecule has 2 aliphatic heterocycles. The first-order valence-corrected chi connectivity index (χ1v) is 12.2. The lowest BCUT2D eigenvalue weighted by Crippen LogP contribution is -2.51. The summed E-state index contributed by atoms with van der Waals surface area (Å²) < 4.78 is 10.3. The van der Waals surface area contributed by atoms with E-state index in [0.29, 0.717) is 11.6 Å². The van der Waals surface area contributed by atoms with E-state index in [-0.39, 0.29) is 5.97 Å². The van der Waals surface area contributed by atoms with Crippen molar-refractivity contribution >= 4 is 23.0 Å². The van der Waals surface area contributed by atoms with Gasteiger partial charge < -0.3 is 14.4 Å². The molecule has 0 bridgehead atoms. The fourth-order valence-electron chi connectivity index (χ4n) is 4.53. The van der Waals surface area contributed by atoms with Crippen LogP contribution in [0.4, 0.5) is 5.69 Å². The van der Waals surface area contributed by atoms with Crippen molar-refractivity contribution in [2.45, 2.75) is 18.9 Å². The molecular weight excluding hydrogens is 436 g/mol. The summed E-state index contributed by atoms with van der Waals surface area (Å²) in [6.07, 6.45) is 2.32. The lowest BCUT2D eigenvalue weighted by molar-refractivity contribution is 0.0321. The predicted molar refractivity (Wildman–Crippen MR) is 130 cm³/mol. The Bertz CT molecular complexity index is 1070. The second-order valence-corrected chi connectivity index (χ2v) is 9.37. The van der Waals surface area contributed by atoms with E-state index in [2.05, 4.69) is 44.3 Å². The molecule has 2 aliphatic rings. The number of piperazine rings is 1. The van der Waals surface area contributed by atoms with Crippen LogP contribution in [0.5, 0.6) is 0 Å². The Labute approximate surface area is 198 Å². The van der Waals surface area contributed by atoms with Crippen LogP contribution in [0.1, 0.15) is 23.2 Å². The number of benzene rings is 2. The molecule has 2 fully saturated rings. The second-order valence-electron chi connectivity index (χ2n) is 8.39. The average molecular weight is 465 g/mol. The molecule has 2 saturated heterocycles. The largest absolute Gasteiger partial charge is 0.465 e. The van der Waals surface area contributed by atoms with Crippen LogP contribution in [0, 0.1) is 0 Å². The summed E-state index contributed by atoms with van der Waals surface area (Å²) in [4.78, 5) is 16.7. The maximum atomic E-state index is 11.6. The van der Waals surface area contributed by atoms with E-state index in [9.17, 15) is 4.79 Å². The minimum absolute atomic E-state index is 0.343. The number of carbonyl (C=O) groups is 1. The van der Waals surface area contributed by atoms with Gasteiger partial charge in [0.2, 0.25) is 0 Å². The molecule has 33 heavy (non-hydrogen) atoms. The molecule has 0 saturated carbocycles. The maximum Gasteiger partial charge on any atom is 0.337 e. The standard InChI is InChI=1S/C25H28N4O3S/c1-31-25(30)20-4-2-18(3-5-20)23-26-27-24(33-23)19-6-8-21(9-7-19)28-12-14-29(15-13-28)22-10-16-32-17-11-22/h2-9,22H,10-17H2,1H3. The van der Waals surface area contributed by atoms with Crippen LogP contribution >= 0.6 is 11.3 Å². The molecule has 3 aromatic rings. The van der Waals surface area contributed by atoms with Gasteiger partial charge in [0.25, 0.3) is 0 Å². The second kappa shape index (κ2) is 9.99. The predicted octanol–water partition coefficient (Wildman–Crippen LogP) is 3.96. The summed E-state index contributed by atoms with van der Waals surface area (Å²) in [5.41, 5.74) is 3.78. The first-order chi connectivity index (χ1) is 16.2. The molecular formula is C25H28N4O3S. The summed E-state index contributed by atoms with van der Waals surface area (Å²) in [5.74, 6) is -0.343. The van der Waals surface area contributed by atoms with Gasteiger partial charge in [-0.1, -0.05) is 23.5 Å². The molecule has 172 valence electrons. The molecule has 8 heteroatoms. The van der Waals surface area contributed by atoms with Crippen molar-refractivity contribution < 1.29 is 14.3 Å². The monoisotopic (exact) mass is 464 g/mol. The fourth-order valence-corrected chi connectivity index (χ4v) is 5.39. The minimum atomic E-state index is -0.343. The van der Waals surface area contributed by atoms with Crippen LogP contribution in [0.2, 0.25) is 0 Å². The molecule has 0 aliphatic carbocycles. The normalized spacial score (nSPS) is 17.8. The summed E-state index contributed by atoms with van der Waals surface area (Å²) >= 11 is 1.55. The zero-order valence-corrected chi connectivity index (χ0v) is 19.6.